The summed E-state index contributed by atoms with van der Waals surface area (Å²) in [7, 11) is 0. The van der Waals surface area contributed by atoms with Crippen molar-refractivity contribution in [3.63, 3.8) is 0 Å². The van der Waals surface area contributed by atoms with E-state index < -0.39 is 0 Å². The van der Waals surface area contributed by atoms with Gasteiger partial charge in [-0.15, -0.1) is 6.58 Å². The number of rotatable bonds is 9. The summed E-state index contributed by atoms with van der Waals surface area (Å²) < 4.78 is 5.03. The summed E-state index contributed by atoms with van der Waals surface area (Å²) in [5.74, 6) is -0.908. The molecule has 0 aliphatic carbocycles. The second-order valence-electron chi connectivity index (χ2n) is 9.08. The van der Waals surface area contributed by atoms with Crippen LogP contribution in [0.5, 0.6) is 0 Å². The molecule has 1 N–H and O–H groups in total. The number of carbonyl (C=O) groups is 3. The summed E-state index contributed by atoms with van der Waals surface area (Å²) in [5.41, 5.74) is 2.79. The highest BCUT2D eigenvalue weighted by atomic mass is 32.1. The molecule has 0 saturated carbocycles. The number of nitrogens with one attached hydrogen (secondary N) is 1. The summed E-state index contributed by atoms with van der Waals surface area (Å²) in [4.78, 5) is 43.5. The van der Waals surface area contributed by atoms with Crippen molar-refractivity contribution in [2.24, 2.45) is 0 Å². The fraction of sp³-hybridized carbons (Fsp3) is 0.462. The van der Waals surface area contributed by atoms with Gasteiger partial charge in [-0.25, -0.2) is 9.69 Å². The van der Waals surface area contributed by atoms with E-state index in [-0.39, 0.29) is 24.4 Å². The Balaban J connectivity index is 1.21. The normalized spacial score (nSPS) is 18.3. The Morgan fingerprint density at radius 2 is 1.89 bits per heavy atom. The lowest BCUT2D eigenvalue weighted by molar-refractivity contribution is -0.120. The highest BCUT2D eigenvalue weighted by molar-refractivity contribution is 7.80. The first-order chi connectivity index (χ1) is 16.9. The van der Waals surface area contributed by atoms with Crippen molar-refractivity contribution in [3.8, 4) is 0 Å². The zero-order chi connectivity index (χ0) is 24.9. The van der Waals surface area contributed by atoms with Gasteiger partial charge in [-0.3, -0.25) is 14.5 Å². The average Bonchev–Trinajstić information content (AvgIpc) is 3.33. The third-order valence-corrected chi connectivity index (χ3v) is 7.22. The van der Waals surface area contributed by atoms with Gasteiger partial charge in [0.2, 0.25) is 0 Å². The Kier molecular flexibility index (Phi) is 7.97. The number of hydrogen-bond acceptors (Lipinski definition) is 6. The number of cyclic esters (lactones) is 1. The van der Waals surface area contributed by atoms with Crippen LogP contribution in [0.4, 0.5) is 5.69 Å². The number of nitrogens with zero attached hydrogens (tertiary/aromatic N) is 3. The van der Waals surface area contributed by atoms with Crippen LogP contribution in [0.3, 0.4) is 0 Å². The molecule has 0 aromatic heterocycles. The third kappa shape index (κ3) is 5.46. The first-order valence-electron chi connectivity index (χ1n) is 12.2. The van der Waals surface area contributed by atoms with Crippen LogP contribution >= 0.6 is 12.2 Å². The van der Waals surface area contributed by atoms with Gasteiger partial charge >= 0.3 is 5.97 Å². The Morgan fingerprint density at radius 3 is 2.63 bits per heavy atom. The molecule has 0 unspecified atom stereocenters. The third-order valence-electron chi connectivity index (χ3n) is 6.82. The molecular formula is C26H32N4O4S. The number of thiocarbonyl (C=S) groups is 1. The van der Waals surface area contributed by atoms with E-state index in [1.165, 1.54) is 4.90 Å². The van der Waals surface area contributed by atoms with Crippen LogP contribution in [0.1, 0.15) is 48.5 Å². The van der Waals surface area contributed by atoms with E-state index >= 15 is 0 Å². The molecule has 0 bridgehead atoms. The molecule has 3 aliphatic rings. The van der Waals surface area contributed by atoms with Crippen molar-refractivity contribution in [2.75, 3.05) is 44.2 Å². The second-order valence-corrected chi connectivity index (χ2v) is 9.47. The van der Waals surface area contributed by atoms with Crippen molar-refractivity contribution in [1.29, 1.82) is 0 Å². The van der Waals surface area contributed by atoms with Gasteiger partial charge in [-0.1, -0.05) is 12.5 Å². The lowest BCUT2D eigenvalue weighted by Gasteiger charge is -2.36. The topological polar surface area (TPSA) is 82.2 Å². The zero-order valence-corrected chi connectivity index (χ0v) is 21.0. The van der Waals surface area contributed by atoms with E-state index in [2.05, 4.69) is 21.7 Å². The fourth-order valence-electron chi connectivity index (χ4n) is 4.73. The Labute approximate surface area is 211 Å². The maximum absolute atomic E-state index is 13.1. The molecule has 3 heterocycles. The predicted molar refractivity (Wildman–Crippen MR) is 138 cm³/mol. The van der Waals surface area contributed by atoms with Gasteiger partial charge in [0.1, 0.15) is 6.61 Å². The molecule has 9 heteroatoms. The minimum absolute atomic E-state index is 0.172. The van der Waals surface area contributed by atoms with Crippen molar-refractivity contribution in [2.45, 2.75) is 39.2 Å². The summed E-state index contributed by atoms with van der Waals surface area (Å²) in [6.45, 7) is 11.1. The van der Waals surface area contributed by atoms with Gasteiger partial charge < -0.3 is 15.0 Å². The number of piperazine rings is 1. The zero-order valence-electron chi connectivity index (χ0n) is 20.2. The number of carbonyl (C=O) groups excluding carboxylic acids is 3. The predicted octanol–water partition coefficient (Wildman–Crippen LogP) is 2.79. The van der Waals surface area contributed by atoms with E-state index in [0.717, 1.165) is 57.1 Å². The van der Waals surface area contributed by atoms with E-state index in [1.54, 1.807) is 31.2 Å². The highest BCUT2D eigenvalue weighted by Gasteiger charge is 2.37. The first-order valence-corrected chi connectivity index (χ1v) is 12.6. The second kappa shape index (κ2) is 11.1. The largest absolute Gasteiger partial charge is 0.457 e. The SMILES string of the molecule is C=CCNC(=S)N1CCN(CCCCCC2=C(C)C(=O)N(c3ccc4c(c3)COC4=O)C2=O)CC1. The number of esters is 1. The number of hydrogen-bond donors (Lipinski definition) is 1. The Morgan fingerprint density at radius 1 is 1.11 bits per heavy atom. The van der Waals surface area contributed by atoms with E-state index in [0.29, 0.717) is 40.9 Å². The van der Waals surface area contributed by atoms with Gasteiger partial charge in [-0.2, -0.15) is 0 Å². The molecule has 4 rings (SSSR count). The van der Waals surface area contributed by atoms with Gasteiger partial charge in [-0.05, 0) is 63.1 Å². The minimum Gasteiger partial charge on any atom is -0.457 e. The van der Waals surface area contributed by atoms with Gasteiger partial charge in [0, 0.05) is 49.4 Å². The molecule has 0 atom stereocenters. The number of ether oxygens (including phenoxy) is 1. The van der Waals surface area contributed by atoms with Crippen molar-refractivity contribution in [1.82, 2.24) is 15.1 Å². The van der Waals surface area contributed by atoms with Crippen LogP contribution in [0, 0.1) is 0 Å². The maximum Gasteiger partial charge on any atom is 0.338 e. The van der Waals surface area contributed by atoms with Crippen LogP contribution < -0.4 is 10.2 Å². The summed E-state index contributed by atoms with van der Waals surface area (Å²) in [5, 5.41) is 3.97. The Bertz CT molecular complexity index is 1080. The highest BCUT2D eigenvalue weighted by Crippen LogP contribution is 2.32. The summed E-state index contributed by atoms with van der Waals surface area (Å²) in [6, 6.07) is 4.96. The number of fused-ring (bicyclic) bond motifs is 1. The monoisotopic (exact) mass is 496 g/mol. The number of amides is 2. The van der Waals surface area contributed by atoms with Crippen LogP contribution in [-0.4, -0.2) is 72.0 Å². The number of imide groups is 1. The molecule has 1 saturated heterocycles. The lowest BCUT2D eigenvalue weighted by Crippen LogP contribution is -2.51. The molecule has 0 spiro atoms. The fourth-order valence-corrected chi connectivity index (χ4v) is 5.00. The molecule has 1 aromatic rings. The van der Waals surface area contributed by atoms with Crippen molar-refractivity contribution in [3.05, 3.63) is 53.1 Å². The first kappa shape index (κ1) is 25.1. The molecule has 8 nitrogen and oxygen atoms in total. The molecule has 35 heavy (non-hydrogen) atoms. The molecule has 2 amide bonds. The van der Waals surface area contributed by atoms with Crippen LogP contribution in [0.25, 0.3) is 0 Å². The lowest BCUT2D eigenvalue weighted by atomic mass is 10.0. The summed E-state index contributed by atoms with van der Waals surface area (Å²) >= 11 is 5.42. The molecule has 1 fully saturated rings. The van der Waals surface area contributed by atoms with Gasteiger partial charge in [0.25, 0.3) is 11.8 Å². The number of benzene rings is 1. The molecule has 0 radical (unpaired) electrons. The van der Waals surface area contributed by atoms with Crippen molar-refractivity contribution < 1.29 is 19.1 Å². The standard InChI is InChI=1S/C26H32N4O4S/c1-3-10-27-26(35)29-14-12-28(13-15-29)11-6-4-5-7-21-18(2)23(31)30(24(21)32)20-8-9-22-19(16-20)17-34-25(22)33/h3,8-9,16H,1,4-7,10-15,17H2,2H3,(H,27,35). The molecular weight excluding hydrogens is 464 g/mol. The average molecular weight is 497 g/mol. The van der Waals surface area contributed by atoms with E-state index in [1.807, 2.05) is 0 Å². The van der Waals surface area contributed by atoms with Gasteiger partial charge in [0.05, 0.1) is 11.3 Å². The van der Waals surface area contributed by atoms with Crippen LogP contribution in [0.2, 0.25) is 0 Å². The van der Waals surface area contributed by atoms with E-state index in [4.69, 9.17) is 17.0 Å². The molecule has 1 aromatic carbocycles. The van der Waals surface area contributed by atoms with E-state index in [9.17, 15) is 14.4 Å². The van der Waals surface area contributed by atoms with Crippen LogP contribution in [0.15, 0.2) is 42.0 Å². The summed E-state index contributed by atoms with van der Waals surface area (Å²) in [6.07, 6.45) is 5.31. The van der Waals surface area contributed by atoms with Crippen LogP contribution in [-0.2, 0) is 20.9 Å². The Hall–Kier alpha value is -3.04. The quantitative estimate of drug-likeness (QED) is 0.184. The maximum atomic E-state index is 13.1. The number of unbranched alkanes of at least 4 members (excludes halogenated alkanes) is 2. The van der Waals surface area contributed by atoms with Crippen molar-refractivity contribution >= 4 is 40.8 Å². The minimum atomic E-state index is -0.369. The molecule has 186 valence electrons. The smallest absolute Gasteiger partial charge is 0.338 e. The van der Waals surface area contributed by atoms with Gasteiger partial charge in [0.15, 0.2) is 5.11 Å². The number of anilines is 1. The molecule has 3 aliphatic heterocycles.